The van der Waals surface area contributed by atoms with Gasteiger partial charge < -0.3 is 26.0 Å². The molecule has 0 radical (unpaired) electrons. The maximum absolute atomic E-state index is 11.5. The molecule has 0 bridgehead atoms. The van der Waals surface area contributed by atoms with Crippen molar-refractivity contribution in [3.8, 4) is 5.75 Å². The van der Waals surface area contributed by atoms with E-state index in [1.165, 1.54) is 18.4 Å². The number of benzene rings is 1. The van der Waals surface area contributed by atoms with Crippen LogP contribution in [0.1, 0.15) is 43.7 Å². The number of aliphatic imine (C=N–C) groups is 1. The first-order valence-corrected chi connectivity index (χ1v) is 12.0. The highest BCUT2D eigenvalue weighted by Crippen LogP contribution is 2.31. The molecular formula is C24H40N6O2. The molecular weight excluding hydrogens is 404 g/mol. The van der Waals surface area contributed by atoms with E-state index in [2.05, 4.69) is 37.6 Å². The zero-order valence-electron chi connectivity index (χ0n) is 19.7. The smallest absolute Gasteiger partial charge is 0.221 e. The third kappa shape index (κ3) is 6.84. The summed E-state index contributed by atoms with van der Waals surface area (Å²) >= 11 is 0. The van der Waals surface area contributed by atoms with Crippen molar-refractivity contribution in [3.63, 3.8) is 0 Å². The Labute approximate surface area is 192 Å². The molecule has 8 heteroatoms. The standard InChI is InChI=1S/C24H40N6O2/c1-26-24(27-12-8-14-29-13-7-9-19(18-29)23(25)31)28-17-21(30-15-5-6-16-30)20-10-3-4-11-22(20)32-2/h3-4,10-11,19,21H,5-9,12-18H2,1-2H3,(H2,25,31)(H2,26,27,28). The topological polar surface area (TPSA) is 95.2 Å². The molecule has 2 heterocycles. The summed E-state index contributed by atoms with van der Waals surface area (Å²) in [4.78, 5) is 20.8. The Bertz CT molecular complexity index is 750. The summed E-state index contributed by atoms with van der Waals surface area (Å²) in [7, 11) is 3.55. The van der Waals surface area contributed by atoms with Crippen LogP contribution in [0.25, 0.3) is 0 Å². The molecule has 1 amide bonds. The van der Waals surface area contributed by atoms with E-state index in [0.717, 1.165) is 76.8 Å². The normalized spacial score (nSPS) is 21.3. The van der Waals surface area contributed by atoms with E-state index in [4.69, 9.17) is 10.5 Å². The number of methoxy groups -OCH3 is 1. The Morgan fingerprint density at radius 2 is 2.00 bits per heavy atom. The molecule has 2 saturated heterocycles. The van der Waals surface area contributed by atoms with Gasteiger partial charge in [-0.25, -0.2) is 0 Å². The average molecular weight is 445 g/mol. The lowest BCUT2D eigenvalue weighted by Gasteiger charge is -2.31. The molecule has 2 aliphatic rings. The molecule has 2 atom stereocenters. The number of carbonyl (C=O) groups is 1. The van der Waals surface area contributed by atoms with Crippen LogP contribution in [0, 0.1) is 5.92 Å². The lowest BCUT2D eigenvalue weighted by Crippen LogP contribution is -2.44. The maximum atomic E-state index is 11.5. The highest BCUT2D eigenvalue weighted by molar-refractivity contribution is 5.79. The Morgan fingerprint density at radius 1 is 1.22 bits per heavy atom. The molecule has 3 rings (SSSR count). The summed E-state index contributed by atoms with van der Waals surface area (Å²) in [6, 6.07) is 8.54. The lowest BCUT2D eigenvalue weighted by molar-refractivity contribution is -0.123. The molecule has 0 spiro atoms. The Hall–Kier alpha value is -2.32. The fourth-order valence-corrected chi connectivity index (χ4v) is 4.85. The lowest BCUT2D eigenvalue weighted by atomic mass is 9.97. The molecule has 178 valence electrons. The van der Waals surface area contributed by atoms with Gasteiger partial charge >= 0.3 is 0 Å². The van der Waals surface area contributed by atoms with Crippen LogP contribution in [0.4, 0.5) is 0 Å². The Morgan fingerprint density at radius 3 is 2.72 bits per heavy atom. The van der Waals surface area contributed by atoms with E-state index in [1.807, 2.05) is 19.2 Å². The van der Waals surface area contributed by atoms with Gasteiger partial charge in [0.1, 0.15) is 5.75 Å². The van der Waals surface area contributed by atoms with Crippen LogP contribution in [0.5, 0.6) is 5.75 Å². The van der Waals surface area contributed by atoms with Crippen molar-refractivity contribution >= 4 is 11.9 Å². The van der Waals surface area contributed by atoms with Gasteiger partial charge in [-0.3, -0.25) is 14.7 Å². The summed E-state index contributed by atoms with van der Waals surface area (Å²) in [5.74, 6) is 1.59. The molecule has 0 aliphatic carbocycles. The molecule has 2 unspecified atom stereocenters. The molecule has 1 aromatic carbocycles. The van der Waals surface area contributed by atoms with Crippen LogP contribution >= 0.6 is 0 Å². The number of rotatable bonds is 10. The highest BCUT2D eigenvalue weighted by Gasteiger charge is 2.26. The minimum absolute atomic E-state index is 0.00337. The van der Waals surface area contributed by atoms with Gasteiger partial charge in [-0.05, 0) is 64.3 Å². The second-order valence-corrected chi connectivity index (χ2v) is 8.78. The van der Waals surface area contributed by atoms with E-state index in [0.29, 0.717) is 0 Å². The maximum Gasteiger partial charge on any atom is 0.221 e. The molecule has 2 aliphatic heterocycles. The van der Waals surface area contributed by atoms with Crippen LogP contribution in [0.3, 0.4) is 0 Å². The summed E-state index contributed by atoms with van der Waals surface area (Å²) in [5.41, 5.74) is 6.71. The monoisotopic (exact) mass is 444 g/mol. The number of nitrogens with two attached hydrogens (primary N) is 1. The van der Waals surface area contributed by atoms with Crippen LogP contribution in [0.15, 0.2) is 29.3 Å². The predicted molar refractivity (Wildman–Crippen MR) is 129 cm³/mol. The second kappa shape index (κ2) is 12.6. The van der Waals surface area contributed by atoms with Crippen LogP contribution in [0.2, 0.25) is 0 Å². The van der Waals surface area contributed by atoms with E-state index in [9.17, 15) is 4.79 Å². The summed E-state index contributed by atoms with van der Waals surface area (Å²) < 4.78 is 5.64. The zero-order valence-corrected chi connectivity index (χ0v) is 19.7. The minimum Gasteiger partial charge on any atom is -0.496 e. The van der Waals surface area contributed by atoms with E-state index in [1.54, 1.807) is 7.11 Å². The van der Waals surface area contributed by atoms with Crippen molar-refractivity contribution in [2.45, 2.75) is 38.1 Å². The van der Waals surface area contributed by atoms with Crippen LogP contribution < -0.4 is 21.1 Å². The van der Waals surface area contributed by atoms with Crippen molar-refractivity contribution < 1.29 is 9.53 Å². The van der Waals surface area contributed by atoms with E-state index in [-0.39, 0.29) is 17.9 Å². The second-order valence-electron chi connectivity index (χ2n) is 8.78. The fourth-order valence-electron chi connectivity index (χ4n) is 4.85. The van der Waals surface area contributed by atoms with Gasteiger partial charge in [0, 0.05) is 32.2 Å². The quantitative estimate of drug-likeness (QED) is 0.288. The minimum atomic E-state index is -0.167. The first-order chi connectivity index (χ1) is 15.6. The number of guanidine groups is 1. The molecule has 8 nitrogen and oxygen atoms in total. The van der Waals surface area contributed by atoms with Crippen molar-refractivity contribution in [1.82, 2.24) is 20.4 Å². The number of amides is 1. The van der Waals surface area contributed by atoms with E-state index < -0.39 is 0 Å². The summed E-state index contributed by atoms with van der Waals surface area (Å²) in [6.07, 6.45) is 5.45. The van der Waals surface area contributed by atoms with Crippen molar-refractivity contribution in [2.75, 3.05) is 60.0 Å². The first kappa shape index (κ1) is 24.3. The number of carbonyl (C=O) groups excluding carboxylic acids is 1. The van der Waals surface area contributed by atoms with E-state index >= 15 is 0 Å². The third-order valence-corrected chi connectivity index (χ3v) is 6.62. The summed E-state index contributed by atoms with van der Waals surface area (Å²) in [6.45, 7) is 6.63. The number of likely N-dealkylation sites (tertiary alicyclic amines) is 2. The van der Waals surface area contributed by atoms with Crippen molar-refractivity contribution in [2.24, 2.45) is 16.6 Å². The molecule has 4 N–H and O–H groups in total. The number of hydrogen-bond donors (Lipinski definition) is 3. The average Bonchev–Trinajstić information content (AvgIpc) is 3.35. The number of nitrogens with zero attached hydrogens (tertiary/aromatic N) is 3. The van der Waals surface area contributed by atoms with Gasteiger partial charge in [0.25, 0.3) is 0 Å². The molecule has 0 saturated carbocycles. The molecule has 2 fully saturated rings. The van der Waals surface area contributed by atoms with Gasteiger partial charge in [-0.15, -0.1) is 0 Å². The third-order valence-electron chi connectivity index (χ3n) is 6.62. The predicted octanol–water partition coefficient (Wildman–Crippen LogP) is 1.58. The number of piperidine rings is 1. The fraction of sp³-hybridized carbons (Fsp3) is 0.667. The van der Waals surface area contributed by atoms with Gasteiger partial charge in [-0.2, -0.15) is 0 Å². The Balaban J connectivity index is 1.48. The SMILES string of the molecule is CN=C(NCCCN1CCCC(C(N)=O)C1)NCC(c1ccccc1OC)N1CCCC1. The summed E-state index contributed by atoms with van der Waals surface area (Å²) in [5, 5.41) is 6.96. The van der Waals surface area contributed by atoms with Crippen molar-refractivity contribution in [1.29, 1.82) is 0 Å². The zero-order chi connectivity index (χ0) is 22.8. The van der Waals surface area contributed by atoms with Gasteiger partial charge in [0.2, 0.25) is 5.91 Å². The van der Waals surface area contributed by atoms with Crippen LogP contribution in [-0.2, 0) is 4.79 Å². The first-order valence-electron chi connectivity index (χ1n) is 12.0. The number of ether oxygens (including phenoxy) is 1. The van der Waals surface area contributed by atoms with Gasteiger partial charge in [0.15, 0.2) is 5.96 Å². The number of para-hydroxylation sites is 1. The highest BCUT2D eigenvalue weighted by atomic mass is 16.5. The van der Waals surface area contributed by atoms with Crippen molar-refractivity contribution in [3.05, 3.63) is 29.8 Å². The number of primary amides is 1. The largest absolute Gasteiger partial charge is 0.496 e. The number of nitrogens with one attached hydrogen (secondary N) is 2. The van der Waals surface area contributed by atoms with Gasteiger partial charge in [-0.1, -0.05) is 18.2 Å². The Kier molecular flexibility index (Phi) is 9.62. The molecule has 32 heavy (non-hydrogen) atoms. The number of hydrogen-bond acceptors (Lipinski definition) is 5. The molecule has 1 aromatic rings. The molecule has 0 aromatic heterocycles. The van der Waals surface area contributed by atoms with Gasteiger partial charge in [0.05, 0.1) is 19.1 Å². The van der Waals surface area contributed by atoms with Crippen LogP contribution in [-0.4, -0.2) is 81.6 Å².